The smallest absolute Gasteiger partial charge is 0.0600 e. The van der Waals surface area contributed by atoms with Gasteiger partial charge in [-0.25, -0.2) is 0 Å². The van der Waals surface area contributed by atoms with Crippen molar-refractivity contribution in [2.24, 2.45) is 5.73 Å². The Balaban J connectivity index is 2.84. The molecule has 0 radical (unpaired) electrons. The van der Waals surface area contributed by atoms with E-state index in [1.165, 1.54) is 9.75 Å². The van der Waals surface area contributed by atoms with E-state index in [1.54, 1.807) is 11.3 Å². The molecule has 1 aromatic heterocycles. The molecule has 0 saturated heterocycles. The third kappa shape index (κ3) is 1.91. The zero-order valence-electron chi connectivity index (χ0n) is 6.92. The minimum absolute atomic E-state index is 0.0219. The predicted octanol–water partition coefficient (Wildman–Crippen LogP) is 2.63. The van der Waals surface area contributed by atoms with Gasteiger partial charge in [0, 0.05) is 9.75 Å². The highest BCUT2D eigenvalue weighted by atomic mass is 32.1. The first-order valence-electron chi connectivity index (χ1n) is 3.58. The van der Waals surface area contributed by atoms with Crippen LogP contribution in [-0.4, -0.2) is 0 Å². The fourth-order valence-corrected chi connectivity index (χ4v) is 1.84. The first-order valence-corrected chi connectivity index (χ1v) is 4.40. The van der Waals surface area contributed by atoms with Crippen LogP contribution in [0.2, 0.25) is 0 Å². The lowest BCUT2D eigenvalue weighted by Crippen LogP contribution is -2.08. The first-order chi connectivity index (χ1) is 5.11. The van der Waals surface area contributed by atoms with E-state index < -0.39 is 0 Å². The third-order valence-electron chi connectivity index (χ3n) is 1.60. The lowest BCUT2D eigenvalue weighted by molar-refractivity contribution is 0.871. The van der Waals surface area contributed by atoms with E-state index in [-0.39, 0.29) is 6.04 Å². The summed E-state index contributed by atoms with van der Waals surface area (Å²) in [4.78, 5) is 2.51. The average molecular weight is 167 g/mol. The Morgan fingerprint density at radius 1 is 1.64 bits per heavy atom. The van der Waals surface area contributed by atoms with E-state index in [9.17, 15) is 0 Å². The maximum atomic E-state index is 5.86. The van der Waals surface area contributed by atoms with Crippen molar-refractivity contribution >= 4 is 11.3 Å². The molecule has 1 aromatic rings. The Kier molecular flexibility index (Phi) is 2.47. The topological polar surface area (TPSA) is 26.0 Å². The van der Waals surface area contributed by atoms with Crippen LogP contribution in [0.3, 0.4) is 0 Å². The molecule has 1 atom stereocenters. The summed E-state index contributed by atoms with van der Waals surface area (Å²) >= 11 is 1.74. The van der Waals surface area contributed by atoms with Crippen LogP contribution in [0.15, 0.2) is 24.3 Å². The standard InChI is InChI=1S/C9H13NS/c1-6(2)9(10)8-5-4-7(3)11-8/h4-5,9H,1,10H2,2-3H3/t9-/m1/s1. The molecule has 0 amide bonds. The number of thiophene rings is 1. The molecular weight excluding hydrogens is 154 g/mol. The molecule has 2 N–H and O–H groups in total. The molecule has 1 rings (SSSR count). The van der Waals surface area contributed by atoms with E-state index in [0.717, 1.165) is 5.57 Å². The number of rotatable bonds is 2. The molecule has 0 fully saturated rings. The molecule has 0 aliphatic carbocycles. The molecule has 60 valence electrons. The zero-order valence-corrected chi connectivity index (χ0v) is 7.74. The lowest BCUT2D eigenvalue weighted by atomic mass is 10.1. The second kappa shape index (κ2) is 3.20. The Hall–Kier alpha value is -0.600. The number of hydrogen-bond donors (Lipinski definition) is 1. The van der Waals surface area contributed by atoms with Crippen molar-refractivity contribution in [3.8, 4) is 0 Å². The lowest BCUT2D eigenvalue weighted by Gasteiger charge is -2.07. The van der Waals surface area contributed by atoms with Crippen molar-refractivity contribution in [2.75, 3.05) is 0 Å². The van der Waals surface area contributed by atoms with Gasteiger partial charge in [-0.1, -0.05) is 12.2 Å². The van der Waals surface area contributed by atoms with Gasteiger partial charge in [-0.3, -0.25) is 0 Å². The van der Waals surface area contributed by atoms with E-state index in [0.29, 0.717) is 0 Å². The van der Waals surface area contributed by atoms with E-state index in [4.69, 9.17) is 5.73 Å². The molecule has 1 heterocycles. The summed E-state index contributed by atoms with van der Waals surface area (Å²) in [7, 11) is 0. The second-order valence-corrected chi connectivity index (χ2v) is 4.09. The largest absolute Gasteiger partial charge is 0.320 e. The van der Waals surface area contributed by atoms with Crippen LogP contribution in [0.4, 0.5) is 0 Å². The monoisotopic (exact) mass is 167 g/mol. The summed E-state index contributed by atoms with van der Waals surface area (Å²) in [5, 5.41) is 0. The van der Waals surface area contributed by atoms with Gasteiger partial charge in [0.1, 0.15) is 0 Å². The Morgan fingerprint density at radius 2 is 2.27 bits per heavy atom. The minimum Gasteiger partial charge on any atom is -0.320 e. The van der Waals surface area contributed by atoms with E-state index >= 15 is 0 Å². The van der Waals surface area contributed by atoms with Gasteiger partial charge in [0.25, 0.3) is 0 Å². The van der Waals surface area contributed by atoms with Crippen molar-refractivity contribution in [3.63, 3.8) is 0 Å². The molecule has 0 aromatic carbocycles. The SMILES string of the molecule is C=C(C)[C@@H](N)c1ccc(C)s1. The van der Waals surface area contributed by atoms with Crippen LogP contribution < -0.4 is 5.73 Å². The van der Waals surface area contributed by atoms with Crippen molar-refractivity contribution in [3.05, 3.63) is 34.0 Å². The van der Waals surface area contributed by atoms with Gasteiger partial charge in [-0.15, -0.1) is 11.3 Å². The summed E-state index contributed by atoms with van der Waals surface area (Å²) in [6, 6.07) is 4.18. The summed E-state index contributed by atoms with van der Waals surface area (Å²) in [6.07, 6.45) is 0. The molecule has 2 heteroatoms. The highest BCUT2D eigenvalue weighted by Crippen LogP contribution is 2.24. The number of aryl methyl sites for hydroxylation is 1. The van der Waals surface area contributed by atoms with Gasteiger partial charge in [0.05, 0.1) is 6.04 Å². The second-order valence-electron chi connectivity index (χ2n) is 2.77. The molecule has 0 bridgehead atoms. The molecular formula is C9H13NS. The summed E-state index contributed by atoms with van der Waals surface area (Å²) in [6.45, 7) is 7.86. The quantitative estimate of drug-likeness (QED) is 0.673. The summed E-state index contributed by atoms with van der Waals surface area (Å²) < 4.78 is 0. The number of nitrogens with two attached hydrogens (primary N) is 1. The Labute approximate surface area is 71.5 Å². The molecule has 0 spiro atoms. The predicted molar refractivity (Wildman–Crippen MR) is 50.8 cm³/mol. The van der Waals surface area contributed by atoms with Crippen molar-refractivity contribution in [2.45, 2.75) is 19.9 Å². The molecule has 0 aliphatic heterocycles. The summed E-state index contributed by atoms with van der Waals surface area (Å²) in [5.74, 6) is 0. The van der Waals surface area contributed by atoms with Gasteiger partial charge >= 0.3 is 0 Å². The van der Waals surface area contributed by atoms with Gasteiger partial charge in [-0.2, -0.15) is 0 Å². The zero-order chi connectivity index (χ0) is 8.43. The van der Waals surface area contributed by atoms with Crippen LogP contribution in [0.1, 0.15) is 22.7 Å². The highest BCUT2D eigenvalue weighted by Gasteiger charge is 2.07. The van der Waals surface area contributed by atoms with Gasteiger partial charge in [0.15, 0.2) is 0 Å². The molecule has 0 saturated carbocycles. The summed E-state index contributed by atoms with van der Waals surface area (Å²) in [5.41, 5.74) is 6.88. The molecule has 1 nitrogen and oxygen atoms in total. The Morgan fingerprint density at radius 3 is 2.64 bits per heavy atom. The van der Waals surface area contributed by atoms with Crippen LogP contribution in [-0.2, 0) is 0 Å². The van der Waals surface area contributed by atoms with Gasteiger partial charge in [-0.05, 0) is 26.0 Å². The maximum absolute atomic E-state index is 5.86. The molecule has 11 heavy (non-hydrogen) atoms. The van der Waals surface area contributed by atoms with E-state index in [2.05, 4.69) is 25.6 Å². The first kappa shape index (κ1) is 8.50. The van der Waals surface area contributed by atoms with Crippen LogP contribution >= 0.6 is 11.3 Å². The van der Waals surface area contributed by atoms with Gasteiger partial charge in [0.2, 0.25) is 0 Å². The van der Waals surface area contributed by atoms with Crippen LogP contribution in [0, 0.1) is 6.92 Å². The van der Waals surface area contributed by atoms with Crippen molar-refractivity contribution in [1.82, 2.24) is 0 Å². The van der Waals surface area contributed by atoms with Crippen molar-refractivity contribution in [1.29, 1.82) is 0 Å². The van der Waals surface area contributed by atoms with E-state index in [1.807, 2.05) is 6.92 Å². The fourth-order valence-electron chi connectivity index (χ4n) is 0.863. The van der Waals surface area contributed by atoms with Crippen molar-refractivity contribution < 1.29 is 0 Å². The average Bonchev–Trinajstić information content (AvgIpc) is 2.34. The van der Waals surface area contributed by atoms with Crippen LogP contribution in [0.5, 0.6) is 0 Å². The maximum Gasteiger partial charge on any atom is 0.0600 e. The van der Waals surface area contributed by atoms with Gasteiger partial charge < -0.3 is 5.73 Å². The molecule has 0 aliphatic rings. The third-order valence-corrected chi connectivity index (χ3v) is 2.68. The molecule has 0 unspecified atom stereocenters. The normalized spacial score (nSPS) is 13.0. The highest BCUT2D eigenvalue weighted by molar-refractivity contribution is 7.12. The minimum atomic E-state index is 0.0219. The number of hydrogen-bond acceptors (Lipinski definition) is 2. The van der Waals surface area contributed by atoms with Crippen LogP contribution in [0.25, 0.3) is 0 Å². The Bertz CT molecular complexity index is 262. The fraction of sp³-hybridized carbons (Fsp3) is 0.333.